The lowest BCUT2D eigenvalue weighted by Crippen LogP contribution is -2.44. The maximum absolute atomic E-state index is 12.3. The summed E-state index contributed by atoms with van der Waals surface area (Å²) in [6, 6.07) is 5.10. The molecule has 2 aromatic rings. The summed E-state index contributed by atoms with van der Waals surface area (Å²) in [6.45, 7) is 4.13. The monoisotopic (exact) mass is 359 g/mol. The average molecular weight is 359 g/mol. The Morgan fingerprint density at radius 1 is 1.31 bits per heavy atom. The van der Waals surface area contributed by atoms with Gasteiger partial charge in [0.25, 0.3) is 5.91 Å². The van der Waals surface area contributed by atoms with Crippen LogP contribution in [0.3, 0.4) is 0 Å². The molecule has 138 valence electrons. The number of hydrogen-bond donors (Lipinski definition) is 1. The molecular formula is C19H21NO6. The van der Waals surface area contributed by atoms with Gasteiger partial charge in [0.2, 0.25) is 0 Å². The van der Waals surface area contributed by atoms with E-state index in [1.165, 1.54) is 4.90 Å². The second kappa shape index (κ2) is 7.19. The average Bonchev–Trinajstić information content (AvgIpc) is 2.64. The van der Waals surface area contributed by atoms with Crippen LogP contribution in [-0.4, -0.2) is 41.6 Å². The van der Waals surface area contributed by atoms with Crippen molar-refractivity contribution in [3.63, 3.8) is 0 Å². The SMILES string of the molecule is Cc1c(C)c2ccc(OCC(=O)N3CCCC(C(=O)O)C3)cc2oc1=O. The van der Waals surface area contributed by atoms with Crippen molar-refractivity contribution in [2.45, 2.75) is 26.7 Å². The Kier molecular flexibility index (Phi) is 4.97. The van der Waals surface area contributed by atoms with Gasteiger partial charge in [0.15, 0.2) is 6.61 Å². The Labute approximate surface area is 150 Å². The van der Waals surface area contributed by atoms with E-state index in [2.05, 4.69) is 0 Å². The Bertz CT molecular complexity index is 916. The molecule has 0 aliphatic carbocycles. The van der Waals surface area contributed by atoms with Crippen LogP contribution in [-0.2, 0) is 9.59 Å². The first-order valence-corrected chi connectivity index (χ1v) is 8.54. The van der Waals surface area contributed by atoms with Crippen LogP contribution >= 0.6 is 0 Å². The highest BCUT2D eigenvalue weighted by Gasteiger charge is 2.28. The molecule has 7 nitrogen and oxygen atoms in total. The van der Waals surface area contributed by atoms with Crippen molar-refractivity contribution < 1.29 is 23.8 Å². The summed E-state index contributed by atoms with van der Waals surface area (Å²) in [4.78, 5) is 36.7. The van der Waals surface area contributed by atoms with Crippen LogP contribution in [0.5, 0.6) is 5.75 Å². The molecule has 1 saturated heterocycles. The van der Waals surface area contributed by atoms with Crippen molar-refractivity contribution in [3.8, 4) is 5.75 Å². The molecule has 3 rings (SSSR count). The molecule has 1 aliphatic rings. The van der Waals surface area contributed by atoms with E-state index >= 15 is 0 Å². The molecule has 1 N–H and O–H groups in total. The number of aliphatic carboxylic acids is 1. The molecule has 26 heavy (non-hydrogen) atoms. The van der Waals surface area contributed by atoms with Crippen LogP contribution in [0.25, 0.3) is 11.0 Å². The van der Waals surface area contributed by atoms with E-state index < -0.39 is 17.5 Å². The summed E-state index contributed by atoms with van der Waals surface area (Å²) in [5, 5.41) is 9.93. The number of fused-ring (bicyclic) bond motifs is 1. The van der Waals surface area contributed by atoms with Gasteiger partial charge in [0.1, 0.15) is 11.3 Å². The first-order valence-electron chi connectivity index (χ1n) is 8.54. The Morgan fingerprint density at radius 3 is 2.81 bits per heavy atom. The topological polar surface area (TPSA) is 97.1 Å². The van der Waals surface area contributed by atoms with Crippen molar-refractivity contribution >= 4 is 22.8 Å². The minimum atomic E-state index is -0.876. The molecule has 1 fully saturated rings. The van der Waals surface area contributed by atoms with E-state index in [1.807, 2.05) is 6.92 Å². The molecule has 1 aliphatic heterocycles. The second-order valence-electron chi connectivity index (χ2n) is 6.60. The van der Waals surface area contributed by atoms with Crippen LogP contribution in [0.15, 0.2) is 27.4 Å². The standard InChI is InChI=1S/C19H21NO6/c1-11-12(2)19(24)26-16-8-14(5-6-15(11)16)25-10-17(21)20-7-3-4-13(9-20)18(22)23/h5-6,8,13H,3-4,7,9-10H2,1-2H3,(H,22,23). The van der Waals surface area contributed by atoms with Crippen molar-refractivity contribution in [1.82, 2.24) is 4.90 Å². The number of likely N-dealkylation sites (tertiary alicyclic amines) is 1. The van der Waals surface area contributed by atoms with Gasteiger partial charge < -0.3 is 19.2 Å². The van der Waals surface area contributed by atoms with Gasteiger partial charge in [-0.3, -0.25) is 9.59 Å². The minimum absolute atomic E-state index is 0.188. The van der Waals surface area contributed by atoms with Crippen molar-refractivity contribution in [2.75, 3.05) is 19.7 Å². The minimum Gasteiger partial charge on any atom is -0.484 e. The molecule has 2 heterocycles. The predicted molar refractivity (Wildman–Crippen MR) is 94.4 cm³/mol. The number of carboxylic acids is 1. The molecular weight excluding hydrogens is 338 g/mol. The van der Waals surface area contributed by atoms with Crippen molar-refractivity contribution in [1.29, 1.82) is 0 Å². The van der Waals surface area contributed by atoms with Crippen molar-refractivity contribution in [3.05, 3.63) is 39.7 Å². The quantitative estimate of drug-likeness (QED) is 0.840. The maximum Gasteiger partial charge on any atom is 0.339 e. The number of carboxylic acid groups (broad SMARTS) is 1. The fourth-order valence-corrected chi connectivity index (χ4v) is 3.16. The molecule has 1 aromatic heterocycles. The van der Waals surface area contributed by atoms with Crippen LogP contribution in [0, 0.1) is 19.8 Å². The van der Waals surface area contributed by atoms with E-state index in [1.54, 1.807) is 25.1 Å². The van der Waals surface area contributed by atoms with E-state index in [-0.39, 0.29) is 19.1 Å². The third kappa shape index (κ3) is 3.56. The van der Waals surface area contributed by atoms with Gasteiger partial charge in [-0.15, -0.1) is 0 Å². The number of hydrogen-bond acceptors (Lipinski definition) is 5. The molecule has 0 spiro atoms. The lowest BCUT2D eigenvalue weighted by molar-refractivity contribution is -0.146. The van der Waals surface area contributed by atoms with E-state index in [4.69, 9.17) is 14.3 Å². The number of benzene rings is 1. The number of nitrogens with zero attached hydrogens (tertiary/aromatic N) is 1. The Balaban J connectivity index is 1.69. The predicted octanol–water partition coefficient (Wildman–Crippen LogP) is 2.11. The highest BCUT2D eigenvalue weighted by Crippen LogP contribution is 2.24. The number of rotatable bonds is 4. The molecule has 1 unspecified atom stereocenters. The zero-order valence-corrected chi connectivity index (χ0v) is 14.8. The first kappa shape index (κ1) is 18.0. The van der Waals surface area contributed by atoms with Gasteiger partial charge in [-0.05, 0) is 44.4 Å². The Hall–Kier alpha value is -2.83. The highest BCUT2D eigenvalue weighted by atomic mass is 16.5. The number of ether oxygens (including phenoxy) is 1. The molecule has 1 aromatic carbocycles. The number of carbonyl (C=O) groups is 2. The fourth-order valence-electron chi connectivity index (χ4n) is 3.16. The number of amides is 1. The number of aryl methyl sites for hydroxylation is 1. The van der Waals surface area contributed by atoms with Gasteiger partial charge in [-0.2, -0.15) is 0 Å². The van der Waals surface area contributed by atoms with E-state index in [0.717, 1.165) is 10.9 Å². The van der Waals surface area contributed by atoms with E-state index in [9.17, 15) is 14.4 Å². The van der Waals surface area contributed by atoms with Crippen LogP contribution < -0.4 is 10.4 Å². The summed E-state index contributed by atoms with van der Waals surface area (Å²) in [7, 11) is 0. The summed E-state index contributed by atoms with van der Waals surface area (Å²) in [6.07, 6.45) is 1.25. The smallest absolute Gasteiger partial charge is 0.339 e. The van der Waals surface area contributed by atoms with Gasteiger partial charge in [0.05, 0.1) is 5.92 Å². The summed E-state index contributed by atoms with van der Waals surface area (Å²) >= 11 is 0. The van der Waals surface area contributed by atoms with Gasteiger partial charge >= 0.3 is 11.6 Å². The summed E-state index contributed by atoms with van der Waals surface area (Å²) < 4.78 is 10.8. The third-order valence-corrected chi connectivity index (χ3v) is 4.91. The molecule has 7 heteroatoms. The third-order valence-electron chi connectivity index (χ3n) is 4.91. The lowest BCUT2D eigenvalue weighted by atomic mass is 9.98. The largest absolute Gasteiger partial charge is 0.484 e. The molecule has 0 radical (unpaired) electrons. The zero-order chi connectivity index (χ0) is 18.8. The second-order valence-corrected chi connectivity index (χ2v) is 6.60. The van der Waals surface area contributed by atoms with Crippen LogP contribution in [0.4, 0.5) is 0 Å². The lowest BCUT2D eigenvalue weighted by Gasteiger charge is -2.30. The molecule has 0 bridgehead atoms. The maximum atomic E-state index is 12.3. The van der Waals surface area contributed by atoms with Crippen LogP contribution in [0.2, 0.25) is 0 Å². The van der Waals surface area contributed by atoms with Crippen LogP contribution in [0.1, 0.15) is 24.0 Å². The van der Waals surface area contributed by atoms with E-state index in [0.29, 0.717) is 36.3 Å². The summed E-state index contributed by atoms with van der Waals surface area (Å²) in [5.74, 6) is -1.23. The molecule has 1 amide bonds. The zero-order valence-electron chi connectivity index (χ0n) is 14.8. The number of piperidine rings is 1. The molecule has 1 atom stereocenters. The fraction of sp³-hybridized carbons (Fsp3) is 0.421. The highest BCUT2D eigenvalue weighted by molar-refractivity contribution is 5.83. The normalized spacial score (nSPS) is 17.3. The number of carbonyl (C=O) groups excluding carboxylic acids is 1. The summed E-state index contributed by atoms with van der Waals surface area (Å²) in [5.41, 5.74) is 1.44. The van der Waals surface area contributed by atoms with Gasteiger partial charge in [0, 0.05) is 30.1 Å². The first-order chi connectivity index (χ1) is 12.4. The van der Waals surface area contributed by atoms with Gasteiger partial charge in [-0.1, -0.05) is 0 Å². The Morgan fingerprint density at radius 2 is 2.08 bits per heavy atom. The van der Waals surface area contributed by atoms with Crippen molar-refractivity contribution in [2.24, 2.45) is 5.92 Å². The molecule has 0 saturated carbocycles. The van der Waals surface area contributed by atoms with Gasteiger partial charge in [-0.25, -0.2) is 4.79 Å².